The normalized spacial score (nSPS) is 18.2. The van der Waals surface area contributed by atoms with Gasteiger partial charge in [0, 0.05) is 11.6 Å². The third kappa shape index (κ3) is 3.54. The molecule has 142 valence electrons. The first-order chi connectivity index (χ1) is 13.0. The van der Waals surface area contributed by atoms with Crippen LogP contribution >= 0.6 is 0 Å². The minimum atomic E-state index is -1.09. The molecule has 0 radical (unpaired) electrons. The lowest BCUT2D eigenvalue weighted by atomic mass is 9.90. The molecule has 3 N–H and O–H groups in total. The predicted molar refractivity (Wildman–Crippen MR) is 97.5 cm³/mol. The molecule has 0 unspecified atom stereocenters. The maximum Gasteiger partial charge on any atom is 0.328 e. The summed E-state index contributed by atoms with van der Waals surface area (Å²) in [6.07, 6.45) is 1.83. The van der Waals surface area contributed by atoms with Gasteiger partial charge in [0.05, 0.1) is 26.7 Å². The topological polar surface area (TPSA) is 105 Å². The Hall–Kier alpha value is -3.19. The van der Waals surface area contributed by atoms with Gasteiger partial charge in [-0.05, 0) is 41.5 Å². The van der Waals surface area contributed by atoms with Gasteiger partial charge >= 0.3 is 5.97 Å². The Kier molecular flexibility index (Phi) is 5.23. The molecule has 1 aliphatic heterocycles. The number of carbonyl (C=O) groups is 1. The van der Waals surface area contributed by atoms with Crippen LogP contribution in [0.15, 0.2) is 36.4 Å². The number of carboxylic acid groups (broad SMARTS) is 1. The van der Waals surface area contributed by atoms with Gasteiger partial charge in [-0.15, -0.1) is 0 Å². The number of phenols is 1. The van der Waals surface area contributed by atoms with Crippen LogP contribution in [-0.2, 0) is 4.79 Å². The van der Waals surface area contributed by atoms with Gasteiger partial charge in [-0.1, -0.05) is 6.07 Å². The van der Waals surface area contributed by atoms with E-state index < -0.39 is 18.0 Å². The quantitative estimate of drug-likeness (QED) is 0.670. The average Bonchev–Trinajstić information content (AvgIpc) is 3.04. The van der Waals surface area contributed by atoms with E-state index in [9.17, 15) is 15.0 Å². The van der Waals surface area contributed by atoms with Crippen LogP contribution in [0.1, 0.15) is 28.7 Å². The van der Waals surface area contributed by atoms with E-state index in [2.05, 4.69) is 0 Å². The van der Waals surface area contributed by atoms with E-state index in [4.69, 9.17) is 19.3 Å². The van der Waals surface area contributed by atoms with Crippen molar-refractivity contribution >= 4 is 12.0 Å². The van der Waals surface area contributed by atoms with Gasteiger partial charge < -0.3 is 29.5 Å². The molecule has 3 rings (SSSR count). The minimum absolute atomic E-state index is 0.112. The van der Waals surface area contributed by atoms with Crippen LogP contribution in [0.5, 0.6) is 23.0 Å². The molecule has 0 spiro atoms. The standard InChI is InChI=1S/C20H20O7/c1-25-16-5-4-12(9-17(16)26-2)19-14(10-21)13-7-11(3-6-18(23)24)8-15(22)20(13)27-19/h3-9,14,19,21-22H,10H2,1-2H3,(H,23,24)/t14-,19+/m1/s1. The molecule has 0 aliphatic carbocycles. The van der Waals surface area contributed by atoms with Crippen molar-refractivity contribution in [1.82, 2.24) is 0 Å². The zero-order valence-corrected chi connectivity index (χ0v) is 14.9. The molecule has 0 saturated carbocycles. The highest BCUT2D eigenvalue weighted by atomic mass is 16.5. The number of aliphatic hydroxyl groups is 1. The summed E-state index contributed by atoms with van der Waals surface area (Å²) in [5.74, 6) is -0.252. The Labute approximate surface area is 156 Å². The number of aliphatic carboxylic acids is 1. The summed E-state index contributed by atoms with van der Waals surface area (Å²) in [5.41, 5.74) is 1.87. The lowest BCUT2D eigenvalue weighted by Crippen LogP contribution is -2.13. The van der Waals surface area contributed by atoms with E-state index in [1.807, 2.05) is 6.07 Å². The molecule has 2 aromatic rings. The van der Waals surface area contributed by atoms with E-state index >= 15 is 0 Å². The number of aromatic hydroxyl groups is 1. The van der Waals surface area contributed by atoms with Crippen molar-refractivity contribution in [3.63, 3.8) is 0 Å². The highest BCUT2D eigenvalue weighted by Crippen LogP contribution is 2.51. The van der Waals surface area contributed by atoms with Crippen LogP contribution in [0.2, 0.25) is 0 Å². The van der Waals surface area contributed by atoms with Crippen LogP contribution in [0.4, 0.5) is 0 Å². The number of hydrogen-bond acceptors (Lipinski definition) is 6. The highest BCUT2D eigenvalue weighted by Gasteiger charge is 2.37. The molecule has 7 nitrogen and oxygen atoms in total. The van der Waals surface area contributed by atoms with Gasteiger partial charge in [-0.25, -0.2) is 4.79 Å². The lowest BCUT2D eigenvalue weighted by molar-refractivity contribution is -0.131. The van der Waals surface area contributed by atoms with Crippen molar-refractivity contribution in [2.75, 3.05) is 20.8 Å². The molecule has 0 bridgehead atoms. The Morgan fingerprint density at radius 3 is 2.56 bits per heavy atom. The van der Waals surface area contributed by atoms with E-state index in [1.165, 1.54) is 19.3 Å². The van der Waals surface area contributed by atoms with Crippen molar-refractivity contribution < 1.29 is 34.3 Å². The maximum atomic E-state index is 10.7. The summed E-state index contributed by atoms with van der Waals surface area (Å²) in [5, 5.41) is 29.0. The van der Waals surface area contributed by atoms with Crippen molar-refractivity contribution in [3.05, 3.63) is 53.1 Å². The van der Waals surface area contributed by atoms with E-state index in [0.717, 1.165) is 11.6 Å². The van der Waals surface area contributed by atoms with E-state index in [0.29, 0.717) is 22.6 Å². The van der Waals surface area contributed by atoms with Gasteiger partial charge in [0.15, 0.2) is 23.0 Å². The van der Waals surface area contributed by atoms with Crippen LogP contribution in [0.3, 0.4) is 0 Å². The molecular weight excluding hydrogens is 352 g/mol. The Morgan fingerprint density at radius 1 is 1.19 bits per heavy atom. The average molecular weight is 372 g/mol. The molecule has 1 heterocycles. The maximum absolute atomic E-state index is 10.7. The molecule has 1 aliphatic rings. The van der Waals surface area contributed by atoms with Crippen molar-refractivity contribution in [3.8, 4) is 23.0 Å². The molecule has 2 aromatic carbocycles. The molecule has 7 heteroatoms. The third-order valence-corrected chi connectivity index (χ3v) is 4.48. The van der Waals surface area contributed by atoms with E-state index in [1.54, 1.807) is 25.3 Å². The predicted octanol–water partition coefficient (Wildman–Crippen LogP) is 2.72. The lowest BCUT2D eigenvalue weighted by Gasteiger charge is -2.19. The summed E-state index contributed by atoms with van der Waals surface area (Å²) in [6.45, 7) is -0.211. The molecule has 0 amide bonds. The summed E-state index contributed by atoms with van der Waals surface area (Å²) in [7, 11) is 3.07. The molecule has 27 heavy (non-hydrogen) atoms. The zero-order chi connectivity index (χ0) is 19.6. The second kappa shape index (κ2) is 7.59. The van der Waals surface area contributed by atoms with Crippen molar-refractivity contribution in [2.45, 2.75) is 12.0 Å². The number of fused-ring (bicyclic) bond motifs is 1. The van der Waals surface area contributed by atoms with Crippen LogP contribution in [-0.4, -0.2) is 42.1 Å². The first-order valence-electron chi connectivity index (χ1n) is 8.25. The van der Waals surface area contributed by atoms with Gasteiger partial charge in [-0.3, -0.25) is 0 Å². The highest BCUT2D eigenvalue weighted by molar-refractivity contribution is 5.85. The van der Waals surface area contributed by atoms with E-state index in [-0.39, 0.29) is 18.1 Å². The molecular formula is C20H20O7. The first kappa shape index (κ1) is 18.6. The second-order valence-electron chi connectivity index (χ2n) is 6.07. The summed E-state index contributed by atoms with van der Waals surface area (Å²) < 4.78 is 16.5. The number of benzene rings is 2. The monoisotopic (exact) mass is 372 g/mol. The number of aliphatic hydroxyl groups excluding tert-OH is 1. The molecule has 0 fully saturated rings. The fourth-order valence-corrected chi connectivity index (χ4v) is 3.22. The Balaban J connectivity index is 2.00. The fourth-order valence-electron chi connectivity index (χ4n) is 3.22. The molecule has 0 aromatic heterocycles. The Morgan fingerprint density at radius 2 is 1.93 bits per heavy atom. The number of phenolic OH excluding ortho intramolecular Hbond substituents is 1. The van der Waals surface area contributed by atoms with Crippen LogP contribution in [0, 0.1) is 0 Å². The smallest absolute Gasteiger partial charge is 0.328 e. The second-order valence-corrected chi connectivity index (χ2v) is 6.07. The zero-order valence-electron chi connectivity index (χ0n) is 14.9. The summed E-state index contributed by atoms with van der Waals surface area (Å²) in [4.78, 5) is 10.7. The molecule has 0 saturated heterocycles. The number of rotatable bonds is 6. The molecule has 2 atom stereocenters. The Bertz CT molecular complexity index is 888. The first-order valence-corrected chi connectivity index (χ1v) is 8.25. The summed E-state index contributed by atoms with van der Waals surface area (Å²) >= 11 is 0. The minimum Gasteiger partial charge on any atom is -0.504 e. The number of ether oxygens (including phenoxy) is 3. The van der Waals surface area contributed by atoms with Crippen molar-refractivity contribution in [1.29, 1.82) is 0 Å². The summed E-state index contributed by atoms with van der Waals surface area (Å²) in [6, 6.07) is 8.44. The third-order valence-electron chi connectivity index (χ3n) is 4.48. The van der Waals surface area contributed by atoms with Crippen LogP contribution < -0.4 is 14.2 Å². The van der Waals surface area contributed by atoms with Gasteiger partial charge in [-0.2, -0.15) is 0 Å². The number of methoxy groups -OCH3 is 2. The number of hydrogen-bond donors (Lipinski definition) is 3. The SMILES string of the molecule is COc1ccc([C@@H]2Oc3c(O)cc(C=CC(=O)O)cc3[C@H]2CO)cc1OC. The van der Waals surface area contributed by atoms with Gasteiger partial charge in [0.1, 0.15) is 6.10 Å². The largest absolute Gasteiger partial charge is 0.504 e. The van der Waals surface area contributed by atoms with Crippen molar-refractivity contribution in [2.24, 2.45) is 0 Å². The number of carboxylic acids is 1. The van der Waals surface area contributed by atoms with Crippen LogP contribution in [0.25, 0.3) is 6.08 Å². The van der Waals surface area contributed by atoms with Gasteiger partial charge in [0.2, 0.25) is 0 Å². The van der Waals surface area contributed by atoms with Gasteiger partial charge in [0.25, 0.3) is 0 Å². The fraction of sp³-hybridized carbons (Fsp3) is 0.250.